The normalized spacial score (nSPS) is 18.5. The summed E-state index contributed by atoms with van der Waals surface area (Å²) in [6.07, 6.45) is 4.02. The zero-order valence-electron chi connectivity index (χ0n) is 14.0. The number of rotatable bonds is 6. The number of thiophene rings is 1. The molecule has 124 valence electrons. The van der Waals surface area contributed by atoms with E-state index in [1.165, 1.54) is 4.88 Å². The van der Waals surface area contributed by atoms with Crippen LogP contribution in [0.3, 0.4) is 0 Å². The van der Waals surface area contributed by atoms with Crippen LogP contribution in [0.5, 0.6) is 0 Å². The van der Waals surface area contributed by atoms with E-state index >= 15 is 0 Å². The Kier molecular flexibility index (Phi) is 5.87. The highest BCUT2D eigenvalue weighted by Crippen LogP contribution is 2.29. The molecule has 0 bridgehead atoms. The second kappa shape index (κ2) is 7.47. The Morgan fingerprint density at radius 3 is 2.68 bits per heavy atom. The molecular formula is C17H29N3OS. The number of nitrogens with one attached hydrogen (secondary N) is 2. The van der Waals surface area contributed by atoms with Crippen LogP contribution in [0.2, 0.25) is 0 Å². The molecule has 3 N–H and O–H groups in total. The van der Waals surface area contributed by atoms with Crippen molar-refractivity contribution in [3.8, 4) is 0 Å². The molecule has 0 radical (unpaired) electrons. The second-order valence-electron chi connectivity index (χ2n) is 6.84. The number of aliphatic imine (C=N–C) groups is 1. The zero-order chi connectivity index (χ0) is 16.1. The van der Waals surface area contributed by atoms with Gasteiger partial charge in [0.2, 0.25) is 0 Å². The largest absolute Gasteiger partial charge is 0.388 e. The molecule has 0 aliphatic heterocycles. The summed E-state index contributed by atoms with van der Waals surface area (Å²) in [4.78, 5) is 6.07. The van der Waals surface area contributed by atoms with Crippen LogP contribution in [0.25, 0.3) is 0 Å². The maximum Gasteiger partial charge on any atom is 0.191 e. The third-order valence-electron chi connectivity index (χ3n) is 4.28. The van der Waals surface area contributed by atoms with Crippen molar-refractivity contribution in [2.45, 2.75) is 57.5 Å². The molecule has 1 fully saturated rings. The standard InChI is InChI=1S/C17H29N3OS/c1-4-18-15(20-13-17(21)9-5-6-10-17)19-12-16(2,3)14-8-7-11-22-14/h7-8,11,21H,4-6,9-10,12-13H2,1-3H3,(H2,18,19,20). The van der Waals surface area contributed by atoms with Crippen molar-refractivity contribution in [2.75, 3.05) is 19.6 Å². The molecule has 4 nitrogen and oxygen atoms in total. The summed E-state index contributed by atoms with van der Waals surface area (Å²) >= 11 is 1.78. The number of nitrogens with zero attached hydrogens (tertiary/aromatic N) is 1. The van der Waals surface area contributed by atoms with Gasteiger partial charge in [-0.25, -0.2) is 0 Å². The van der Waals surface area contributed by atoms with Crippen molar-refractivity contribution in [1.29, 1.82) is 0 Å². The van der Waals surface area contributed by atoms with Gasteiger partial charge in [0.25, 0.3) is 0 Å². The van der Waals surface area contributed by atoms with Gasteiger partial charge < -0.3 is 15.7 Å². The summed E-state index contributed by atoms with van der Waals surface area (Å²) in [5.74, 6) is 0.799. The summed E-state index contributed by atoms with van der Waals surface area (Å²) in [6, 6.07) is 4.26. The van der Waals surface area contributed by atoms with Crippen molar-refractivity contribution in [2.24, 2.45) is 4.99 Å². The van der Waals surface area contributed by atoms with Crippen LogP contribution in [-0.4, -0.2) is 36.3 Å². The van der Waals surface area contributed by atoms with E-state index in [0.717, 1.165) is 44.7 Å². The maximum atomic E-state index is 10.4. The molecule has 22 heavy (non-hydrogen) atoms. The van der Waals surface area contributed by atoms with E-state index in [9.17, 15) is 5.11 Å². The van der Waals surface area contributed by atoms with E-state index in [2.05, 4.69) is 48.9 Å². The van der Waals surface area contributed by atoms with Crippen LogP contribution in [0.15, 0.2) is 22.5 Å². The Labute approximate surface area is 138 Å². The van der Waals surface area contributed by atoms with Crippen molar-refractivity contribution in [3.05, 3.63) is 22.4 Å². The molecule has 0 spiro atoms. The zero-order valence-corrected chi connectivity index (χ0v) is 14.8. The summed E-state index contributed by atoms with van der Waals surface area (Å²) in [5.41, 5.74) is -0.528. The molecule has 5 heteroatoms. The highest BCUT2D eigenvalue weighted by molar-refractivity contribution is 7.10. The number of hydrogen-bond acceptors (Lipinski definition) is 3. The van der Waals surface area contributed by atoms with Gasteiger partial charge in [-0.05, 0) is 31.2 Å². The third-order valence-corrected chi connectivity index (χ3v) is 5.52. The van der Waals surface area contributed by atoms with Crippen molar-refractivity contribution in [1.82, 2.24) is 10.6 Å². The fourth-order valence-corrected chi connectivity index (χ4v) is 3.66. The number of aliphatic hydroxyl groups is 1. The molecule has 2 rings (SSSR count). The van der Waals surface area contributed by atoms with Crippen LogP contribution in [-0.2, 0) is 5.41 Å². The third kappa shape index (κ3) is 4.71. The summed E-state index contributed by atoms with van der Waals surface area (Å²) in [5, 5.41) is 19.1. The quantitative estimate of drug-likeness (QED) is 0.557. The summed E-state index contributed by atoms with van der Waals surface area (Å²) in [6.45, 7) is 8.63. The van der Waals surface area contributed by atoms with Gasteiger partial charge in [-0.1, -0.05) is 32.8 Å². The summed E-state index contributed by atoms with van der Waals surface area (Å²) in [7, 11) is 0. The van der Waals surface area contributed by atoms with Gasteiger partial charge in [0.15, 0.2) is 5.96 Å². The van der Waals surface area contributed by atoms with Crippen molar-refractivity contribution in [3.63, 3.8) is 0 Å². The molecule has 0 aromatic carbocycles. The Morgan fingerprint density at radius 1 is 1.36 bits per heavy atom. The van der Waals surface area contributed by atoms with Gasteiger partial charge in [0, 0.05) is 23.4 Å². The van der Waals surface area contributed by atoms with Crippen molar-refractivity contribution < 1.29 is 5.11 Å². The molecule has 1 aliphatic carbocycles. The first-order valence-electron chi connectivity index (χ1n) is 8.24. The molecule has 1 saturated carbocycles. The predicted octanol–water partition coefficient (Wildman–Crippen LogP) is 2.89. The molecule has 0 unspecified atom stereocenters. The topological polar surface area (TPSA) is 56.7 Å². The van der Waals surface area contributed by atoms with Gasteiger partial charge in [-0.15, -0.1) is 11.3 Å². The molecule has 0 atom stereocenters. The van der Waals surface area contributed by atoms with Crippen LogP contribution in [0.4, 0.5) is 0 Å². The van der Waals surface area contributed by atoms with Crippen LogP contribution in [0, 0.1) is 0 Å². The van der Waals surface area contributed by atoms with E-state index in [1.807, 2.05) is 0 Å². The Bertz CT molecular complexity index is 476. The van der Waals surface area contributed by atoms with E-state index in [4.69, 9.17) is 4.99 Å². The lowest BCUT2D eigenvalue weighted by Gasteiger charge is -2.25. The van der Waals surface area contributed by atoms with Crippen molar-refractivity contribution >= 4 is 17.3 Å². The minimum atomic E-state index is -0.556. The van der Waals surface area contributed by atoms with Gasteiger partial charge >= 0.3 is 0 Å². The lowest BCUT2D eigenvalue weighted by Crippen LogP contribution is -2.46. The molecule has 1 aromatic rings. The Morgan fingerprint density at radius 2 is 2.09 bits per heavy atom. The second-order valence-corrected chi connectivity index (χ2v) is 7.79. The number of hydrogen-bond donors (Lipinski definition) is 3. The Hall–Kier alpha value is -1.07. The first-order valence-corrected chi connectivity index (χ1v) is 9.12. The molecule has 0 amide bonds. The minimum Gasteiger partial charge on any atom is -0.388 e. The fourth-order valence-electron chi connectivity index (χ4n) is 2.82. The van der Waals surface area contributed by atoms with E-state index in [-0.39, 0.29) is 5.41 Å². The number of guanidine groups is 1. The molecule has 1 aromatic heterocycles. The van der Waals surface area contributed by atoms with Gasteiger partial charge in [0.05, 0.1) is 12.1 Å². The smallest absolute Gasteiger partial charge is 0.191 e. The van der Waals surface area contributed by atoms with Crippen LogP contribution >= 0.6 is 11.3 Å². The Balaban J connectivity index is 1.94. The summed E-state index contributed by atoms with van der Waals surface area (Å²) < 4.78 is 0. The minimum absolute atomic E-state index is 0.0285. The monoisotopic (exact) mass is 323 g/mol. The molecule has 1 heterocycles. The highest BCUT2D eigenvalue weighted by atomic mass is 32.1. The van der Waals surface area contributed by atoms with Gasteiger partial charge in [-0.3, -0.25) is 4.99 Å². The van der Waals surface area contributed by atoms with E-state index < -0.39 is 5.60 Å². The van der Waals surface area contributed by atoms with E-state index in [0.29, 0.717) is 6.54 Å². The van der Waals surface area contributed by atoms with Crippen LogP contribution < -0.4 is 10.6 Å². The predicted molar refractivity (Wildman–Crippen MR) is 94.7 cm³/mol. The molecular weight excluding hydrogens is 294 g/mol. The average Bonchev–Trinajstić information content (AvgIpc) is 3.14. The lowest BCUT2D eigenvalue weighted by molar-refractivity contribution is 0.0522. The van der Waals surface area contributed by atoms with Gasteiger partial charge in [-0.2, -0.15) is 0 Å². The van der Waals surface area contributed by atoms with Gasteiger partial charge in [0.1, 0.15) is 0 Å². The van der Waals surface area contributed by atoms with Crippen LogP contribution in [0.1, 0.15) is 51.3 Å². The average molecular weight is 324 g/mol. The van der Waals surface area contributed by atoms with E-state index in [1.54, 1.807) is 11.3 Å². The SMILES string of the molecule is CCNC(=NCC(C)(C)c1cccs1)NCC1(O)CCCC1. The first kappa shape index (κ1) is 17.3. The lowest BCUT2D eigenvalue weighted by atomic mass is 9.92. The fraction of sp³-hybridized carbons (Fsp3) is 0.706. The highest BCUT2D eigenvalue weighted by Gasteiger charge is 2.31. The maximum absolute atomic E-state index is 10.4. The first-order chi connectivity index (χ1) is 10.5. The molecule has 0 saturated heterocycles. The molecule has 1 aliphatic rings.